The number of aryl methyl sites for hydroxylation is 2. The highest BCUT2D eigenvalue weighted by molar-refractivity contribution is 5.85. The first-order valence-corrected chi connectivity index (χ1v) is 10.3. The summed E-state index contributed by atoms with van der Waals surface area (Å²) in [4.78, 5) is 34.3. The van der Waals surface area contributed by atoms with Gasteiger partial charge in [-0.3, -0.25) is 9.36 Å². The molecule has 0 fully saturated rings. The van der Waals surface area contributed by atoms with Gasteiger partial charge in [0.05, 0.1) is 29.0 Å². The smallest absolute Gasteiger partial charge is 0.266 e. The van der Waals surface area contributed by atoms with E-state index in [0.717, 1.165) is 16.8 Å². The maximum atomic E-state index is 13.7. The van der Waals surface area contributed by atoms with E-state index in [-0.39, 0.29) is 30.0 Å². The van der Waals surface area contributed by atoms with Crippen molar-refractivity contribution in [3.05, 3.63) is 76.1 Å². The van der Waals surface area contributed by atoms with E-state index in [1.165, 1.54) is 6.33 Å². The molecule has 2 aromatic carbocycles. The van der Waals surface area contributed by atoms with Crippen LogP contribution in [-0.2, 0) is 0 Å². The fourth-order valence-electron chi connectivity index (χ4n) is 3.97. The summed E-state index contributed by atoms with van der Waals surface area (Å²) in [6, 6.07) is 13.1. The van der Waals surface area contributed by atoms with Crippen molar-refractivity contribution in [2.45, 2.75) is 26.8 Å². The topological polar surface area (TPSA) is 127 Å². The SMILES string of the molecule is Cc1ccccc1-n1c([C@H](C)Nc2nc(N)nc3nc[nH]c23)nc2cccc(C)c2c1=O.Cl. The summed E-state index contributed by atoms with van der Waals surface area (Å²) in [6.45, 7) is 5.83. The van der Waals surface area contributed by atoms with Crippen LogP contribution in [0, 0.1) is 13.8 Å². The lowest BCUT2D eigenvalue weighted by Crippen LogP contribution is -2.28. The summed E-state index contributed by atoms with van der Waals surface area (Å²) >= 11 is 0. The van der Waals surface area contributed by atoms with Crippen LogP contribution in [0.2, 0.25) is 0 Å². The molecule has 3 heterocycles. The number of anilines is 2. The van der Waals surface area contributed by atoms with Crippen molar-refractivity contribution < 1.29 is 0 Å². The van der Waals surface area contributed by atoms with Crippen molar-refractivity contribution in [3.8, 4) is 5.69 Å². The van der Waals surface area contributed by atoms with Gasteiger partial charge in [0.15, 0.2) is 11.5 Å². The van der Waals surface area contributed by atoms with E-state index in [2.05, 4.69) is 25.3 Å². The molecule has 5 rings (SSSR count). The molecule has 0 aliphatic rings. The van der Waals surface area contributed by atoms with Gasteiger partial charge in [-0.05, 0) is 44.0 Å². The van der Waals surface area contributed by atoms with Crippen LogP contribution in [0.3, 0.4) is 0 Å². The Bertz CT molecular complexity index is 1540. The van der Waals surface area contributed by atoms with Crippen molar-refractivity contribution in [1.82, 2.24) is 29.5 Å². The number of aromatic amines is 1. The van der Waals surface area contributed by atoms with Gasteiger partial charge < -0.3 is 16.0 Å². The van der Waals surface area contributed by atoms with Gasteiger partial charge in [0.25, 0.3) is 5.56 Å². The monoisotopic (exact) mass is 462 g/mol. The van der Waals surface area contributed by atoms with Gasteiger partial charge in [-0.1, -0.05) is 30.3 Å². The average Bonchev–Trinajstić information content (AvgIpc) is 3.23. The summed E-state index contributed by atoms with van der Waals surface area (Å²) < 4.78 is 1.68. The number of nitrogens with two attached hydrogens (primary N) is 1. The molecule has 0 amide bonds. The first kappa shape index (κ1) is 22.2. The molecule has 4 N–H and O–H groups in total. The molecule has 33 heavy (non-hydrogen) atoms. The second-order valence-corrected chi connectivity index (χ2v) is 7.76. The average molecular weight is 463 g/mol. The number of hydrogen-bond donors (Lipinski definition) is 3. The fourth-order valence-corrected chi connectivity index (χ4v) is 3.97. The van der Waals surface area contributed by atoms with Crippen LogP contribution in [0.5, 0.6) is 0 Å². The van der Waals surface area contributed by atoms with Gasteiger partial charge in [0, 0.05) is 0 Å². The molecule has 0 aliphatic heterocycles. The predicted molar refractivity (Wildman–Crippen MR) is 132 cm³/mol. The number of nitrogens with one attached hydrogen (secondary N) is 2. The van der Waals surface area contributed by atoms with Crippen molar-refractivity contribution in [3.63, 3.8) is 0 Å². The van der Waals surface area contributed by atoms with Crippen LogP contribution in [-0.4, -0.2) is 29.5 Å². The van der Waals surface area contributed by atoms with Gasteiger partial charge in [-0.15, -0.1) is 12.4 Å². The van der Waals surface area contributed by atoms with E-state index in [0.29, 0.717) is 33.7 Å². The van der Waals surface area contributed by atoms with Gasteiger partial charge >= 0.3 is 0 Å². The minimum atomic E-state index is -0.381. The van der Waals surface area contributed by atoms with Gasteiger partial charge in [-0.2, -0.15) is 9.97 Å². The van der Waals surface area contributed by atoms with E-state index >= 15 is 0 Å². The first-order valence-electron chi connectivity index (χ1n) is 10.3. The number of para-hydroxylation sites is 1. The van der Waals surface area contributed by atoms with Crippen molar-refractivity contribution in [1.29, 1.82) is 0 Å². The molecule has 0 aliphatic carbocycles. The molecule has 0 bridgehead atoms. The molecule has 10 heteroatoms. The number of aromatic nitrogens is 6. The highest BCUT2D eigenvalue weighted by atomic mass is 35.5. The van der Waals surface area contributed by atoms with Crippen LogP contribution >= 0.6 is 12.4 Å². The number of nitrogen functional groups attached to an aromatic ring is 1. The predicted octanol–water partition coefficient (Wildman–Crippen LogP) is 3.85. The Balaban J connectivity index is 0.00000259. The Kier molecular flexibility index (Phi) is 5.73. The van der Waals surface area contributed by atoms with E-state index in [1.807, 2.05) is 63.2 Å². The van der Waals surface area contributed by atoms with Crippen LogP contribution in [0.1, 0.15) is 29.9 Å². The van der Waals surface area contributed by atoms with Crippen LogP contribution in [0.15, 0.2) is 53.6 Å². The lowest BCUT2D eigenvalue weighted by molar-refractivity contribution is 0.730. The van der Waals surface area contributed by atoms with E-state index in [9.17, 15) is 4.79 Å². The molecular formula is C23H23ClN8O. The maximum Gasteiger partial charge on any atom is 0.266 e. The minimum absolute atomic E-state index is 0. The van der Waals surface area contributed by atoms with Gasteiger partial charge in [0.2, 0.25) is 5.95 Å². The lowest BCUT2D eigenvalue weighted by Gasteiger charge is -2.21. The largest absolute Gasteiger partial charge is 0.368 e. The number of rotatable bonds is 4. The zero-order valence-corrected chi connectivity index (χ0v) is 19.1. The van der Waals surface area contributed by atoms with Crippen LogP contribution < -0.4 is 16.6 Å². The van der Waals surface area contributed by atoms with Gasteiger partial charge in [0.1, 0.15) is 11.3 Å². The molecule has 168 valence electrons. The second kappa shape index (κ2) is 8.51. The maximum absolute atomic E-state index is 13.7. The van der Waals surface area contributed by atoms with E-state index < -0.39 is 0 Å². The Labute approximate surface area is 195 Å². The minimum Gasteiger partial charge on any atom is -0.368 e. The molecule has 0 unspecified atom stereocenters. The van der Waals surface area contributed by atoms with Crippen LogP contribution in [0.25, 0.3) is 27.8 Å². The van der Waals surface area contributed by atoms with Crippen molar-refractivity contribution >= 4 is 46.2 Å². The Hall–Kier alpha value is -3.98. The number of benzene rings is 2. The van der Waals surface area contributed by atoms with Crippen molar-refractivity contribution in [2.24, 2.45) is 0 Å². The molecule has 3 aromatic heterocycles. The second-order valence-electron chi connectivity index (χ2n) is 7.76. The van der Waals surface area contributed by atoms with Crippen LogP contribution in [0.4, 0.5) is 11.8 Å². The third-order valence-corrected chi connectivity index (χ3v) is 5.53. The lowest BCUT2D eigenvalue weighted by atomic mass is 10.1. The highest BCUT2D eigenvalue weighted by Gasteiger charge is 2.21. The number of imidazole rings is 1. The number of halogens is 1. The molecule has 0 radical (unpaired) electrons. The van der Waals surface area contributed by atoms with Gasteiger partial charge in [-0.25, -0.2) is 9.97 Å². The standard InChI is InChI=1S/C23H22N8O.ClH/c1-12-7-4-5-10-16(12)31-21(28-15-9-6-8-13(2)17(15)22(31)32)14(3)27-20-18-19(26-11-25-18)29-23(24)30-20;/h4-11,14H,1-3H3,(H4,24,25,26,27,29,30);1H/t14-;/m0./s1. The number of H-pyrrole nitrogens is 1. The molecular weight excluding hydrogens is 440 g/mol. The molecule has 0 saturated heterocycles. The molecule has 0 spiro atoms. The van der Waals surface area contributed by atoms with Crippen molar-refractivity contribution in [2.75, 3.05) is 11.1 Å². The Morgan fingerprint density at radius 3 is 2.58 bits per heavy atom. The summed E-state index contributed by atoms with van der Waals surface area (Å²) in [7, 11) is 0. The number of hydrogen-bond acceptors (Lipinski definition) is 7. The molecule has 9 nitrogen and oxygen atoms in total. The Morgan fingerprint density at radius 1 is 1.03 bits per heavy atom. The zero-order chi connectivity index (χ0) is 22.4. The highest BCUT2D eigenvalue weighted by Crippen LogP contribution is 2.26. The molecule has 1 atom stereocenters. The molecule has 5 aromatic rings. The van der Waals surface area contributed by atoms with E-state index in [4.69, 9.17) is 10.7 Å². The normalized spacial score (nSPS) is 12.0. The summed E-state index contributed by atoms with van der Waals surface area (Å²) in [5, 5.41) is 3.95. The zero-order valence-electron chi connectivity index (χ0n) is 18.3. The summed E-state index contributed by atoms with van der Waals surface area (Å²) in [5.41, 5.74) is 10.1. The van der Waals surface area contributed by atoms with E-state index in [1.54, 1.807) is 4.57 Å². The summed E-state index contributed by atoms with van der Waals surface area (Å²) in [5.74, 6) is 1.16. The summed E-state index contributed by atoms with van der Waals surface area (Å²) in [6.07, 6.45) is 1.54. The number of fused-ring (bicyclic) bond motifs is 2. The first-order chi connectivity index (χ1) is 15.4. The fraction of sp³-hybridized carbons (Fsp3) is 0.174. The quantitative estimate of drug-likeness (QED) is 0.370. The number of nitrogens with zero attached hydrogens (tertiary/aromatic N) is 5. The third-order valence-electron chi connectivity index (χ3n) is 5.53. The third kappa shape index (κ3) is 3.76. The Morgan fingerprint density at radius 2 is 1.79 bits per heavy atom. The molecule has 0 saturated carbocycles.